The second kappa shape index (κ2) is 6.04. The van der Waals surface area contributed by atoms with E-state index >= 15 is 0 Å². The van der Waals surface area contributed by atoms with Gasteiger partial charge in [0.25, 0.3) is 0 Å². The molecule has 1 aliphatic heterocycles. The normalized spacial score (nSPS) is 37.8. The molecule has 2 heterocycles. The molecule has 4 saturated carbocycles. The molecule has 0 radical (unpaired) electrons. The van der Waals surface area contributed by atoms with Crippen LogP contribution in [0.15, 0.2) is 0 Å². The SMILES string of the molecule is O=C(Nc1nnc(N2CCN(C3C[C@@H]4CC45C[C@H]35)CC2)s1)NC1CCCC1. The quantitative estimate of drug-likeness (QED) is 0.829. The van der Waals surface area contributed by atoms with E-state index in [1.54, 1.807) is 0 Å². The zero-order valence-electron chi connectivity index (χ0n) is 15.7. The summed E-state index contributed by atoms with van der Waals surface area (Å²) in [7, 11) is 0. The molecule has 146 valence electrons. The third kappa shape index (κ3) is 2.83. The van der Waals surface area contributed by atoms with Crippen molar-refractivity contribution in [3.63, 3.8) is 0 Å². The van der Waals surface area contributed by atoms with E-state index in [9.17, 15) is 4.79 Å². The van der Waals surface area contributed by atoms with Gasteiger partial charge in [0.2, 0.25) is 10.3 Å². The van der Waals surface area contributed by atoms with Crippen molar-refractivity contribution in [2.75, 3.05) is 36.4 Å². The van der Waals surface area contributed by atoms with Crippen LogP contribution in [0.25, 0.3) is 0 Å². The van der Waals surface area contributed by atoms with Gasteiger partial charge < -0.3 is 10.2 Å². The van der Waals surface area contributed by atoms with Crippen molar-refractivity contribution in [1.29, 1.82) is 0 Å². The van der Waals surface area contributed by atoms with Crippen LogP contribution in [0.2, 0.25) is 0 Å². The maximum absolute atomic E-state index is 12.1. The summed E-state index contributed by atoms with van der Waals surface area (Å²) < 4.78 is 0. The molecule has 2 amide bonds. The Hall–Kier alpha value is -1.41. The third-order valence-electron chi connectivity index (χ3n) is 7.83. The van der Waals surface area contributed by atoms with Gasteiger partial charge in [0.15, 0.2) is 0 Å². The van der Waals surface area contributed by atoms with Crippen molar-refractivity contribution in [3.05, 3.63) is 0 Å². The van der Waals surface area contributed by atoms with Gasteiger partial charge in [-0.1, -0.05) is 24.2 Å². The Morgan fingerprint density at radius 3 is 2.63 bits per heavy atom. The van der Waals surface area contributed by atoms with Crippen LogP contribution in [-0.4, -0.2) is 59.4 Å². The van der Waals surface area contributed by atoms with E-state index < -0.39 is 0 Å². The minimum Gasteiger partial charge on any atom is -0.344 e. The Morgan fingerprint density at radius 1 is 1.11 bits per heavy atom. The molecular weight excluding hydrogens is 360 g/mol. The molecule has 8 heteroatoms. The van der Waals surface area contributed by atoms with Crippen LogP contribution in [0.4, 0.5) is 15.1 Å². The number of hydrogen-bond acceptors (Lipinski definition) is 6. The molecule has 1 aromatic heterocycles. The van der Waals surface area contributed by atoms with Crippen LogP contribution in [0.1, 0.15) is 44.9 Å². The largest absolute Gasteiger partial charge is 0.344 e. The number of aromatic nitrogens is 2. The van der Waals surface area contributed by atoms with E-state index in [2.05, 4.69) is 30.6 Å². The first-order valence-electron chi connectivity index (χ1n) is 10.6. The van der Waals surface area contributed by atoms with Gasteiger partial charge in [-0.3, -0.25) is 10.2 Å². The van der Waals surface area contributed by atoms with E-state index in [-0.39, 0.29) is 6.03 Å². The van der Waals surface area contributed by atoms with Gasteiger partial charge in [-0.2, -0.15) is 0 Å². The summed E-state index contributed by atoms with van der Waals surface area (Å²) in [5.41, 5.74) is 0.834. The average molecular weight is 389 g/mol. The first-order valence-corrected chi connectivity index (χ1v) is 11.4. The number of nitrogens with zero attached hydrogens (tertiary/aromatic N) is 4. The van der Waals surface area contributed by atoms with Crippen molar-refractivity contribution in [2.45, 2.75) is 57.0 Å². The number of amides is 2. The van der Waals surface area contributed by atoms with Gasteiger partial charge in [0.1, 0.15) is 0 Å². The summed E-state index contributed by atoms with van der Waals surface area (Å²) in [6, 6.07) is 1.03. The van der Waals surface area contributed by atoms with Crippen molar-refractivity contribution in [1.82, 2.24) is 20.4 Å². The lowest BCUT2D eigenvalue weighted by molar-refractivity contribution is 0.162. The van der Waals surface area contributed by atoms with E-state index in [0.717, 1.165) is 67.4 Å². The number of hydrogen-bond donors (Lipinski definition) is 2. The van der Waals surface area contributed by atoms with Crippen LogP contribution < -0.4 is 15.5 Å². The number of rotatable bonds is 4. The lowest BCUT2D eigenvalue weighted by Gasteiger charge is -2.38. The molecule has 27 heavy (non-hydrogen) atoms. The van der Waals surface area contributed by atoms with Crippen molar-refractivity contribution < 1.29 is 4.79 Å². The molecular formula is C19H28N6OS. The highest BCUT2D eigenvalue weighted by Gasteiger charge is 2.77. The van der Waals surface area contributed by atoms with Gasteiger partial charge in [-0.15, -0.1) is 10.2 Å². The molecule has 7 nitrogen and oxygen atoms in total. The fourth-order valence-electron chi connectivity index (χ4n) is 6.18. The number of carbonyl (C=O) groups is 1. The van der Waals surface area contributed by atoms with Crippen LogP contribution in [0.3, 0.4) is 0 Å². The van der Waals surface area contributed by atoms with Crippen molar-refractivity contribution >= 4 is 27.6 Å². The van der Waals surface area contributed by atoms with E-state index in [1.165, 1.54) is 43.4 Å². The summed E-state index contributed by atoms with van der Waals surface area (Å²) >= 11 is 1.49. The number of anilines is 2. The first-order chi connectivity index (χ1) is 13.2. The number of nitrogens with one attached hydrogen (secondary N) is 2. The summed E-state index contributed by atoms with van der Waals surface area (Å²) in [6.07, 6.45) is 9.09. The monoisotopic (exact) mass is 388 g/mol. The molecule has 2 N–H and O–H groups in total. The van der Waals surface area contributed by atoms with Crippen molar-refractivity contribution in [3.8, 4) is 0 Å². The molecule has 6 rings (SSSR count). The summed E-state index contributed by atoms with van der Waals surface area (Å²) in [4.78, 5) is 17.2. The van der Waals surface area contributed by atoms with E-state index in [4.69, 9.17) is 0 Å². The Morgan fingerprint density at radius 2 is 1.93 bits per heavy atom. The highest BCUT2D eigenvalue weighted by Crippen LogP contribution is 2.82. The third-order valence-corrected chi connectivity index (χ3v) is 8.73. The van der Waals surface area contributed by atoms with Gasteiger partial charge in [-0.25, -0.2) is 4.79 Å². The Labute approximate surface area is 163 Å². The molecule has 1 aromatic rings. The smallest absolute Gasteiger partial charge is 0.321 e. The second-order valence-corrected chi connectivity index (χ2v) is 10.2. The fraction of sp³-hybridized carbons (Fsp3) is 0.842. The number of piperazine rings is 1. The van der Waals surface area contributed by atoms with Crippen molar-refractivity contribution in [2.24, 2.45) is 17.3 Å². The topological polar surface area (TPSA) is 73.4 Å². The molecule has 0 bridgehead atoms. The molecule has 5 fully saturated rings. The van der Waals surface area contributed by atoms with Gasteiger partial charge in [0.05, 0.1) is 0 Å². The summed E-state index contributed by atoms with van der Waals surface area (Å²) in [5.74, 6) is 2.09. The number of carbonyl (C=O) groups excluding carboxylic acids is 1. The highest BCUT2D eigenvalue weighted by molar-refractivity contribution is 7.19. The predicted molar refractivity (Wildman–Crippen MR) is 105 cm³/mol. The summed E-state index contributed by atoms with van der Waals surface area (Å²) in [6.45, 7) is 4.30. The van der Waals surface area contributed by atoms with Crippen LogP contribution in [0.5, 0.6) is 0 Å². The van der Waals surface area contributed by atoms with Gasteiger partial charge in [0, 0.05) is 38.3 Å². The zero-order valence-corrected chi connectivity index (χ0v) is 16.5. The fourth-order valence-corrected chi connectivity index (χ4v) is 6.97. The number of urea groups is 1. The molecule has 1 spiro atoms. The maximum Gasteiger partial charge on any atom is 0.321 e. The van der Waals surface area contributed by atoms with Crippen LogP contribution in [-0.2, 0) is 0 Å². The minimum atomic E-state index is -0.146. The standard InChI is InChI=1S/C19H28N6OS/c26-16(20-13-3-1-2-4-13)21-17-22-23-18(27-17)25-7-5-24(6-8-25)15-9-12-10-19(12)11-14(15)19/h12-15H,1-11H2,(H2,20,21,22,26)/t12-,14-,15?,19?/m1/s1. The molecule has 5 aliphatic rings. The maximum atomic E-state index is 12.1. The first kappa shape index (κ1) is 16.5. The average Bonchev–Trinajstić information content (AvgIpc) is 3.30. The minimum absolute atomic E-state index is 0.146. The molecule has 0 aromatic carbocycles. The lowest BCUT2D eigenvalue weighted by atomic mass is 10.1. The Balaban J connectivity index is 1.01. The second-order valence-electron chi connectivity index (χ2n) is 9.24. The Bertz CT molecular complexity index is 740. The highest BCUT2D eigenvalue weighted by atomic mass is 32.1. The Kier molecular flexibility index (Phi) is 3.70. The lowest BCUT2D eigenvalue weighted by Crippen LogP contribution is -2.50. The molecule has 1 saturated heterocycles. The van der Waals surface area contributed by atoms with Crippen LogP contribution in [0, 0.1) is 17.3 Å². The van der Waals surface area contributed by atoms with Crippen LogP contribution >= 0.6 is 11.3 Å². The van der Waals surface area contributed by atoms with Gasteiger partial charge >= 0.3 is 6.03 Å². The zero-order chi connectivity index (χ0) is 18.0. The predicted octanol–water partition coefficient (Wildman–Crippen LogP) is 2.52. The summed E-state index contributed by atoms with van der Waals surface area (Å²) in [5, 5.41) is 15.9. The van der Waals surface area contributed by atoms with E-state index in [0.29, 0.717) is 11.2 Å². The molecule has 2 unspecified atom stereocenters. The van der Waals surface area contributed by atoms with E-state index in [1.807, 2.05) is 0 Å². The molecule has 4 atom stereocenters. The van der Waals surface area contributed by atoms with Gasteiger partial charge in [-0.05, 0) is 49.4 Å². The molecule has 4 aliphatic carbocycles.